The number of hydrogen-bond acceptors (Lipinski definition) is 3. The third-order valence-electron chi connectivity index (χ3n) is 2.61. The molecule has 0 aromatic carbocycles. The van der Waals surface area contributed by atoms with Crippen LogP contribution in [0.15, 0.2) is 11.4 Å². The second-order valence-corrected chi connectivity index (χ2v) is 4.74. The Kier molecular flexibility index (Phi) is 2.67. The summed E-state index contributed by atoms with van der Waals surface area (Å²) in [6.07, 6.45) is 3.77. The quantitative estimate of drug-likeness (QED) is 0.776. The second kappa shape index (κ2) is 3.78. The lowest BCUT2D eigenvalue weighted by Crippen LogP contribution is -2.11. The molecule has 3 N–H and O–H groups in total. The molecule has 1 aliphatic rings. The summed E-state index contributed by atoms with van der Waals surface area (Å²) in [4.78, 5) is 1.04. The van der Waals surface area contributed by atoms with Crippen molar-refractivity contribution >= 4 is 11.3 Å². The number of aliphatic hydroxyl groups is 1. The first kappa shape index (κ1) is 9.19. The number of rotatable bonds is 4. The number of thiophene rings is 1. The second-order valence-electron chi connectivity index (χ2n) is 3.74. The normalized spacial score (nSPS) is 18.9. The van der Waals surface area contributed by atoms with Crippen molar-refractivity contribution in [2.45, 2.75) is 31.9 Å². The van der Waals surface area contributed by atoms with Gasteiger partial charge in [-0.2, -0.15) is 0 Å². The number of aliphatic hydroxyl groups excluding tert-OH is 1. The first-order valence-corrected chi connectivity index (χ1v) is 5.62. The van der Waals surface area contributed by atoms with Gasteiger partial charge in [0.2, 0.25) is 0 Å². The monoisotopic (exact) mass is 197 g/mol. The summed E-state index contributed by atoms with van der Waals surface area (Å²) in [5.41, 5.74) is 7.20. The summed E-state index contributed by atoms with van der Waals surface area (Å²) < 4.78 is 0. The van der Waals surface area contributed by atoms with Gasteiger partial charge in [-0.05, 0) is 29.3 Å². The summed E-state index contributed by atoms with van der Waals surface area (Å²) >= 11 is 1.60. The standard InChI is InChI=1S/C10H15NOS/c11-9(5-7-1-2-7)8-3-4-13-10(8)6-12/h3-4,7,9,12H,1-2,5-6,11H2/t9-/m1/s1. The highest BCUT2D eigenvalue weighted by Crippen LogP contribution is 2.38. The Morgan fingerprint density at radius 3 is 3.00 bits per heavy atom. The van der Waals surface area contributed by atoms with Crippen LogP contribution in [0.25, 0.3) is 0 Å². The van der Waals surface area contributed by atoms with Crippen molar-refractivity contribution in [1.29, 1.82) is 0 Å². The predicted octanol–water partition coefficient (Wildman–Crippen LogP) is 2.04. The first-order valence-electron chi connectivity index (χ1n) is 4.74. The molecule has 0 unspecified atom stereocenters. The van der Waals surface area contributed by atoms with Gasteiger partial charge < -0.3 is 10.8 Å². The van der Waals surface area contributed by atoms with Crippen LogP contribution in [0.1, 0.15) is 35.7 Å². The summed E-state index contributed by atoms with van der Waals surface area (Å²) in [6, 6.07) is 2.18. The molecule has 2 nitrogen and oxygen atoms in total. The summed E-state index contributed by atoms with van der Waals surface area (Å²) in [6.45, 7) is 0.130. The van der Waals surface area contributed by atoms with E-state index in [1.54, 1.807) is 11.3 Å². The van der Waals surface area contributed by atoms with Crippen LogP contribution in [0.3, 0.4) is 0 Å². The Labute approximate surface area is 82.4 Å². The van der Waals surface area contributed by atoms with Crippen molar-refractivity contribution in [1.82, 2.24) is 0 Å². The maximum absolute atomic E-state index is 9.06. The van der Waals surface area contributed by atoms with E-state index >= 15 is 0 Å². The summed E-state index contributed by atoms with van der Waals surface area (Å²) in [5.74, 6) is 0.849. The maximum Gasteiger partial charge on any atom is 0.0777 e. The molecule has 0 spiro atoms. The van der Waals surface area contributed by atoms with Gasteiger partial charge in [0.1, 0.15) is 0 Å². The average molecular weight is 197 g/mol. The molecule has 1 aliphatic carbocycles. The van der Waals surface area contributed by atoms with Crippen molar-refractivity contribution in [3.63, 3.8) is 0 Å². The van der Waals surface area contributed by atoms with E-state index in [-0.39, 0.29) is 12.6 Å². The zero-order chi connectivity index (χ0) is 9.26. The Morgan fingerprint density at radius 2 is 2.38 bits per heavy atom. The molecule has 3 heteroatoms. The van der Waals surface area contributed by atoms with Crippen LogP contribution in [0, 0.1) is 5.92 Å². The van der Waals surface area contributed by atoms with E-state index < -0.39 is 0 Å². The summed E-state index contributed by atoms with van der Waals surface area (Å²) in [7, 11) is 0. The molecule has 1 aromatic heterocycles. The van der Waals surface area contributed by atoms with Gasteiger partial charge in [-0.1, -0.05) is 12.8 Å². The molecular formula is C10H15NOS. The van der Waals surface area contributed by atoms with Gasteiger partial charge in [0.25, 0.3) is 0 Å². The van der Waals surface area contributed by atoms with Crippen molar-refractivity contribution in [3.8, 4) is 0 Å². The minimum atomic E-state index is 0.130. The fourth-order valence-electron chi connectivity index (χ4n) is 1.65. The fourth-order valence-corrected chi connectivity index (χ4v) is 2.46. The van der Waals surface area contributed by atoms with E-state index in [9.17, 15) is 0 Å². The lowest BCUT2D eigenvalue weighted by Gasteiger charge is -2.10. The van der Waals surface area contributed by atoms with Gasteiger partial charge in [0, 0.05) is 10.9 Å². The minimum Gasteiger partial charge on any atom is -0.391 e. The molecule has 13 heavy (non-hydrogen) atoms. The molecule has 0 radical (unpaired) electrons. The van der Waals surface area contributed by atoms with Crippen molar-refractivity contribution < 1.29 is 5.11 Å². The lowest BCUT2D eigenvalue weighted by molar-refractivity contribution is 0.283. The predicted molar refractivity (Wildman–Crippen MR) is 54.5 cm³/mol. The van der Waals surface area contributed by atoms with Gasteiger partial charge in [-0.25, -0.2) is 0 Å². The smallest absolute Gasteiger partial charge is 0.0777 e. The molecule has 72 valence electrons. The number of nitrogens with two attached hydrogens (primary N) is 1. The first-order chi connectivity index (χ1) is 6.31. The van der Waals surface area contributed by atoms with Crippen LogP contribution < -0.4 is 5.73 Å². The van der Waals surface area contributed by atoms with E-state index in [0.717, 1.165) is 22.8 Å². The van der Waals surface area contributed by atoms with Crippen LogP contribution in [0.2, 0.25) is 0 Å². The number of hydrogen-bond donors (Lipinski definition) is 2. The van der Waals surface area contributed by atoms with E-state index in [1.165, 1.54) is 12.8 Å². The van der Waals surface area contributed by atoms with Gasteiger partial charge >= 0.3 is 0 Å². The van der Waals surface area contributed by atoms with E-state index in [1.807, 2.05) is 11.4 Å². The highest BCUT2D eigenvalue weighted by atomic mass is 32.1. The minimum absolute atomic E-state index is 0.130. The van der Waals surface area contributed by atoms with E-state index in [2.05, 4.69) is 0 Å². The average Bonchev–Trinajstić information content (AvgIpc) is 2.82. The maximum atomic E-state index is 9.06. The topological polar surface area (TPSA) is 46.2 Å². The van der Waals surface area contributed by atoms with Crippen molar-refractivity contribution in [2.75, 3.05) is 0 Å². The molecule has 2 rings (SSSR count). The van der Waals surface area contributed by atoms with Crippen LogP contribution >= 0.6 is 11.3 Å². The zero-order valence-corrected chi connectivity index (χ0v) is 8.39. The molecule has 1 heterocycles. The highest BCUT2D eigenvalue weighted by molar-refractivity contribution is 7.10. The van der Waals surface area contributed by atoms with Crippen LogP contribution in [-0.4, -0.2) is 5.11 Å². The molecular weight excluding hydrogens is 182 g/mol. The SMILES string of the molecule is N[C@H](CC1CC1)c1ccsc1CO. The van der Waals surface area contributed by atoms with Gasteiger partial charge in [-0.15, -0.1) is 11.3 Å². The molecule has 0 amide bonds. The van der Waals surface area contributed by atoms with Gasteiger partial charge in [-0.3, -0.25) is 0 Å². The molecule has 1 atom stereocenters. The van der Waals surface area contributed by atoms with Crippen LogP contribution in [0.5, 0.6) is 0 Å². The van der Waals surface area contributed by atoms with Crippen molar-refractivity contribution in [3.05, 3.63) is 21.9 Å². The third kappa shape index (κ3) is 2.10. The fraction of sp³-hybridized carbons (Fsp3) is 0.600. The molecule has 0 saturated heterocycles. The van der Waals surface area contributed by atoms with Crippen LogP contribution in [-0.2, 0) is 6.61 Å². The van der Waals surface area contributed by atoms with Crippen LogP contribution in [0.4, 0.5) is 0 Å². The van der Waals surface area contributed by atoms with Crippen molar-refractivity contribution in [2.24, 2.45) is 11.7 Å². The zero-order valence-electron chi connectivity index (χ0n) is 7.57. The van der Waals surface area contributed by atoms with E-state index in [0.29, 0.717) is 0 Å². The molecule has 0 aliphatic heterocycles. The molecule has 1 fully saturated rings. The molecule has 1 saturated carbocycles. The Hall–Kier alpha value is -0.380. The molecule has 0 bridgehead atoms. The lowest BCUT2D eigenvalue weighted by atomic mass is 10.0. The Balaban J connectivity index is 2.04. The van der Waals surface area contributed by atoms with Gasteiger partial charge in [0.15, 0.2) is 0 Å². The third-order valence-corrected chi connectivity index (χ3v) is 3.53. The summed E-state index contributed by atoms with van der Waals surface area (Å²) in [5, 5.41) is 11.1. The molecule has 1 aromatic rings. The Bertz CT molecular complexity index is 280. The van der Waals surface area contributed by atoms with Gasteiger partial charge in [0.05, 0.1) is 6.61 Å². The largest absolute Gasteiger partial charge is 0.391 e. The Morgan fingerprint density at radius 1 is 1.62 bits per heavy atom. The van der Waals surface area contributed by atoms with E-state index in [4.69, 9.17) is 10.8 Å². The highest BCUT2D eigenvalue weighted by Gasteiger charge is 2.25.